The molecule has 30 heavy (non-hydrogen) atoms. The second-order valence-corrected chi connectivity index (χ2v) is 8.25. The summed E-state index contributed by atoms with van der Waals surface area (Å²) in [6.45, 7) is 5.24. The SMILES string of the molecule is CC(=O)NC[C@H]1CN(c2cc(F)c(N3CC4(C)NC(=O)OC4(C)C3)c(F)c2)C(=O)O1. The Morgan fingerprint density at radius 3 is 2.53 bits per heavy atom. The quantitative estimate of drug-likeness (QED) is 0.760. The second-order valence-electron chi connectivity index (χ2n) is 8.25. The molecule has 0 aliphatic carbocycles. The van der Waals surface area contributed by atoms with Gasteiger partial charge in [-0.3, -0.25) is 9.69 Å². The average molecular weight is 424 g/mol. The van der Waals surface area contributed by atoms with E-state index >= 15 is 0 Å². The van der Waals surface area contributed by atoms with Crippen molar-refractivity contribution in [2.45, 2.75) is 38.0 Å². The first-order valence-corrected chi connectivity index (χ1v) is 9.49. The van der Waals surface area contributed by atoms with Crippen LogP contribution in [-0.4, -0.2) is 61.5 Å². The number of fused-ring (bicyclic) bond motifs is 1. The highest BCUT2D eigenvalue weighted by molar-refractivity contribution is 5.90. The number of amides is 3. The van der Waals surface area contributed by atoms with E-state index in [2.05, 4.69) is 10.6 Å². The highest BCUT2D eigenvalue weighted by Crippen LogP contribution is 2.42. The number of alkyl carbamates (subject to hydrolysis) is 1. The summed E-state index contributed by atoms with van der Waals surface area (Å²) in [7, 11) is 0. The maximum atomic E-state index is 15.0. The summed E-state index contributed by atoms with van der Waals surface area (Å²) in [6.07, 6.45) is -1.92. The third-order valence-electron chi connectivity index (χ3n) is 5.95. The third-order valence-corrected chi connectivity index (χ3v) is 5.95. The molecular formula is C19H22F2N4O5. The van der Waals surface area contributed by atoms with Crippen LogP contribution in [-0.2, 0) is 14.3 Å². The van der Waals surface area contributed by atoms with E-state index in [-0.39, 0.29) is 43.5 Å². The van der Waals surface area contributed by atoms with Gasteiger partial charge in [-0.25, -0.2) is 18.4 Å². The molecule has 162 valence electrons. The van der Waals surface area contributed by atoms with Crippen LogP contribution in [0.4, 0.5) is 29.7 Å². The van der Waals surface area contributed by atoms with Gasteiger partial charge in [0, 0.05) is 25.6 Å². The van der Waals surface area contributed by atoms with Crippen LogP contribution < -0.4 is 20.4 Å². The fraction of sp³-hybridized carbons (Fsp3) is 0.526. The van der Waals surface area contributed by atoms with Gasteiger partial charge in [0.1, 0.15) is 11.8 Å². The van der Waals surface area contributed by atoms with E-state index < -0.39 is 41.1 Å². The standard InChI is InChI=1S/C19H22F2N4O5/c1-10(26)22-6-12-7-25(17(28)29-12)11-4-13(20)15(14(21)5-11)24-8-18(2)19(3,9-24)30-16(27)23-18/h4-5,12H,6-9H2,1-3H3,(H,22,26)(H,23,27)/t12-,18?,19?/m0/s1. The Labute approximate surface area is 171 Å². The Kier molecular flexibility index (Phi) is 4.51. The first-order chi connectivity index (χ1) is 14.0. The number of nitrogens with one attached hydrogen (secondary N) is 2. The molecule has 3 aliphatic heterocycles. The van der Waals surface area contributed by atoms with Crippen molar-refractivity contribution in [3.8, 4) is 0 Å². The molecule has 2 unspecified atom stereocenters. The van der Waals surface area contributed by atoms with Crippen molar-refractivity contribution in [2.24, 2.45) is 0 Å². The highest BCUT2D eigenvalue weighted by Gasteiger charge is 2.61. The minimum Gasteiger partial charge on any atom is -0.442 e. The molecule has 0 radical (unpaired) electrons. The van der Waals surface area contributed by atoms with Crippen molar-refractivity contribution in [2.75, 3.05) is 36.0 Å². The molecule has 3 fully saturated rings. The molecule has 0 aromatic heterocycles. The van der Waals surface area contributed by atoms with Gasteiger partial charge >= 0.3 is 12.2 Å². The van der Waals surface area contributed by atoms with Crippen molar-refractivity contribution in [3.63, 3.8) is 0 Å². The van der Waals surface area contributed by atoms with Gasteiger partial charge in [-0.05, 0) is 13.8 Å². The molecule has 0 saturated carbocycles. The molecule has 0 spiro atoms. The van der Waals surface area contributed by atoms with Crippen LogP contribution in [0.3, 0.4) is 0 Å². The van der Waals surface area contributed by atoms with Crippen molar-refractivity contribution in [3.05, 3.63) is 23.8 Å². The molecule has 0 bridgehead atoms. The fourth-order valence-electron chi connectivity index (χ4n) is 4.18. The number of carbonyl (C=O) groups is 3. The van der Waals surface area contributed by atoms with Crippen LogP contribution in [0.2, 0.25) is 0 Å². The number of cyclic esters (lactones) is 1. The predicted molar refractivity (Wildman–Crippen MR) is 101 cm³/mol. The summed E-state index contributed by atoms with van der Waals surface area (Å²) in [5, 5.41) is 5.25. The van der Waals surface area contributed by atoms with Gasteiger partial charge in [-0.15, -0.1) is 0 Å². The van der Waals surface area contributed by atoms with Gasteiger partial charge in [0.05, 0.1) is 30.9 Å². The molecule has 1 aromatic rings. The molecule has 9 nitrogen and oxygen atoms in total. The van der Waals surface area contributed by atoms with Crippen molar-refractivity contribution in [1.82, 2.24) is 10.6 Å². The van der Waals surface area contributed by atoms with Gasteiger partial charge in [0.2, 0.25) is 5.91 Å². The Morgan fingerprint density at radius 2 is 1.93 bits per heavy atom. The van der Waals surface area contributed by atoms with Crippen LogP contribution in [0, 0.1) is 11.6 Å². The zero-order valence-electron chi connectivity index (χ0n) is 16.8. The lowest BCUT2D eigenvalue weighted by molar-refractivity contribution is -0.119. The molecular weight excluding hydrogens is 402 g/mol. The maximum Gasteiger partial charge on any atom is 0.414 e. The molecule has 1 aromatic carbocycles. The zero-order valence-corrected chi connectivity index (χ0v) is 16.8. The van der Waals surface area contributed by atoms with E-state index in [1.165, 1.54) is 11.8 Å². The number of ether oxygens (including phenoxy) is 2. The molecule has 2 N–H and O–H groups in total. The predicted octanol–water partition coefficient (Wildman–Crippen LogP) is 1.50. The lowest BCUT2D eigenvalue weighted by Gasteiger charge is -2.27. The fourth-order valence-corrected chi connectivity index (χ4v) is 4.18. The third kappa shape index (κ3) is 3.17. The van der Waals surface area contributed by atoms with E-state index in [0.29, 0.717) is 0 Å². The van der Waals surface area contributed by atoms with Gasteiger partial charge in [-0.2, -0.15) is 0 Å². The number of carbonyl (C=O) groups excluding carboxylic acids is 3. The second kappa shape index (κ2) is 6.71. The van der Waals surface area contributed by atoms with Crippen LogP contribution >= 0.6 is 0 Å². The Bertz CT molecular complexity index is 898. The smallest absolute Gasteiger partial charge is 0.414 e. The maximum absolute atomic E-state index is 15.0. The summed E-state index contributed by atoms with van der Waals surface area (Å²) in [6, 6.07) is 2.14. The number of halogens is 2. The first kappa shape index (κ1) is 20.2. The Hall–Kier alpha value is -3.11. The van der Waals surface area contributed by atoms with E-state index in [1.807, 2.05) is 0 Å². The van der Waals surface area contributed by atoms with E-state index in [9.17, 15) is 23.2 Å². The molecule has 4 rings (SSSR count). The molecule has 3 heterocycles. The zero-order chi connectivity index (χ0) is 21.8. The van der Waals surface area contributed by atoms with Crippen LogP contribution in [0.25, 0.3) is 0 Å². The number of hydrogen-bond acceptors (Lipinski definition) is 6. The minimum atomic E-state index is -0.933. The molecule has 3 atom stereocenters. The van der Waals surface area contributed by atoms with E-state index in [0.717, 1.165) is 17.0 Å². The number of anilines is 2. The van der Waals surface area contributed by atoms with Crippen molar-refractivity contribution < 1.29 is 32.6 Å². The molecule has 3 amide bonds. The van der Waals surface area contributed by atoms with Crippen molar-refractivity contribution >= 4 is 29.5 Å². The molecule has 3 aliphatic rings. The monoisotopic (exact) mass is 424 g/mol. The molecule has 11 heteroatoms. The van der Waals surface area contributed by atoms with Gasteiger partial charge in [-0.1, -0.05) is 0 Å². The molecule has 3 saturated heterocycles. The number of nitrogens with zero attached hydrogens (tertiary/aromatic N) is 2. The lowest BCUT2D eigenvalue weighted by Crippen LogP contribution is -2.52. The number of benzene rings is 1. The highest BCUT2D eigenvalue weighted by atomic mass is 19.1. The number of hydrogen-bond donors (Lipinski definition) is 2. The normalized spacial score (nSPS) is 30.1. The van der Waals surface area contributed by atoms with Crippen LogP contribution in [0.1, 0.15) is 20.8 Å². The summed E-state index contributed by atoms with van der Waals surface area (Å²) in [5.41, 5.74) is -1.96. The van der Waals surface area contributed by atoms with Gasteiger partial charge in [0.15, 0.2) is 17.2 Å². The summed E-state index contributed by atoms with van der Waals surface area (Å²) < 4.78 is 40.4. The number of rotatable bonds is 4. The minimum absolute atomic E-state index is 0.0189. The largest absolute Gasteiger partial charge is 0.442 e. The van der Waals surface area contributed by atoms with Crippen LogP contribution in [0.5, 0.6) is 0 Å². The van der Waals surface area contributed by atoms with Crippen LogP contribution in [0.15, 0.2) is 12.1 Å². The Balaban J connectivity index is 1.55. The topological polar surface area (TPSA) is 100 Å². The summed E-state index contributed by atoms with van der Waals surface area (Å²) in [5.74, 6) is -1.97. The first-order valence-electron chi connectivity index (χ1n) is 9.49. The van der Waals surface area contributed by atoms with Crippen molar-refractivity contribution in [1.29, 1.82) is 0 Å². The van der Waals surface area contributed by atoms with Gasteiger partial charge in [0.25, 0.3) is 0 Å². The average Bonchev–Trinajstić information content (AvgIpc) is 3.16. The summed E-state index contributed by atoms with van der Waals surface area (Å²) >= 11 is 0. The summed E-state index contributed by atoms with van der Waals surface area (Å²) in [4.78, 5) is 37.3. The lowest BCUT2D eigenvalue weighted by atomic mass is 9.87. The Morgan fingerprint density at radius 1 is 1.27 bits per heavy atom. The van der Waals surface area contributed by atoms with Gasteiger partial charge < -0.3 is 25.0 Å². The van der Waals surface area contributed by atoms with E-state index in [4.69, 9.17) is 9.47 Å². The van der Waals surface area contributed by atoms with E-state index in [1.54, 1.807) is 13.8 Å².